The van der Waals surface area contributed by atoms with E-state index >= 15 is 0 Å². The van der Waals surface area contributed by atoms with Crippen molar-refractivity contribution in [2.24, 2.45) is 5.92 Å². The first kappa shape index (κ1) is 13.1. The molecule has 3 rings (SSSR count). The van der Waals surface area contributed by atoms with Gasteiger partial charge in [-0.1, -0.05) is 6.92 Å². The minimum absolute atomic E-state index is 0.0778. The molecule has 0 aromatic carbocycles. The van der Waals surface area contributed by atoms with E-state index in [0.29, 0.717) is 24.3 Å². The second kappa shape index (κ2) is 4.86. The summed E-state index contributed by atoms with van der Waals surface area (Å²) in [6.45, 7) is 4.98. The summed E-state index contributed by atoms with van der Waals surface area (Å²) in [6.07, 6.45) is 1.93. The molecule has 106 valence electrons. The zero-order valence-electron chi connectivity index (χ0n) is 11.6. The van der Waals surface area contributed by atoms with Gasteiger partial charge in [0.1, 0.15) is 0 Å². The number of amides is 1. The van der Waals surface area contributed by atoms with Gasteiger partial charge in [-0.05, 0) is 25.3 Å². The van der Waals surface area contributed by atoms with Crippen LogP contribution in [0.15, 0.2) is 12.3 Å². The Bertz CT molecular complexity index is 652. The third kappa shape index (κ3) is 2.16. The fourth-order valence-electron chi connectivity index (χ4n) is 2.55. The molecule has 1 amide bonds. The Kier molecular flexibility index (Phi) is 3.17. The predicted molar refractivity (Wildman–Crippen MR) is 74.3 cm³/mol. The van der Waals surface area contributed by atoms with E-state index in [1.165, 1.54) is 0 Å². The van der Waals surface area contributed by atoms with E-state index in [1.54, 1.807) is 11.1 Å². The van der Waals surface area contributed by atoms with Gasteiger partial charge in [-0.2, -0.15) is 5.10 Å². The lowest BCUT2D eigenvalue weighted by Gasteiger charge is -2.34. The van der Waals surface area contributed by atoms with E-state index < -0.39 is 6.10 Å². The van der Waals surface area contributed by atoms with E-state index in [0.717, 1.165) is 17.5 Å². The van der Waals surface area contributed by atoms with Crippen molar-refractivity contribution in [1.82, 2.24) is 20.1 Å². The monoisotopic (exact) mass is 274 g/mol. The third-order valence-corrected chi connectivity index (χ3v) is 4.05. The van der Waals surface area contributed by atoms with E-state index in [1.807, 2.05) is 19.9 Å². The van der Waals surface area contributed by atoms with Gasteiger partial charge in [0.15, 0.2) is 5.65 Å². The molecule has 6 heteroatoms. The maximum atomic E-state index is 12.5. The van der Waals surface area contributed by atoms with Crippen molar-refractivity contribution in [2.45, 2.75) is 26.4 Å². The summed E-state index contributed by atoms with van der Waals surface area (Å²) >= 11 is 0. The van der Waals surface area contributed by atoms with Gasteiger partial charge in [0.05, 0.1) is 11.7 Å². The molecule has 1 fully saturated rings. The lowest BCUT2D eigenvalue weighted by molar-refractivity contribution is 0.0248. The number of aliphatic hydroxyl groups excluding tert-OH is 1. The van der Waals surface area contributed by atoms with Crippen molar-refractivity contribution in [3.8, 4) is 0 Å². The molecule has 0 radical (unpaired) electrons. The van der Waals surface area contributed by atoms with E-state index in [2.05, 4.69) is 15.2 Å². The first-order valence-electron chi connectivity index (χ1n) is 6.84. The predicted octanol–water partition coefficient (Wildman–Crippen LogP) is 1.11. The summed E-state index contributed by atoms with van der Waals surface area (Å²) in [5.41, 5.74) is 2.06. The average Bonchev–Trinajstić information content (AvgIpc) is 2.82. The molecule has 2 unspecified atom stereocenters. The van der Waals surface area contributed by atoms with Gasteiger partial charge in [0, 0.05) is 30.4 Å². The second-order valence-electron chi connectivity index (χ2n) is 5.53. The zero-order valence-corrected chi connectivity index (χ0v) is 11.6. The number of rotatable bonds is 1. The summed E-state index contributed by atoms with van der Waals surface area (Å²) in [5, 5.41) is 17.7. The maximum absolute atomic E-state index is 12.5. The fraction of sp³-hybridized carbons (Fsp3) is 0.500. The van der Waals surface area contributed by atoms with Crippen LogP contribution < -0.4 is 0 Å². The van der Waals surface area contributed by atoms with Crippen LogP contribution in [0.25, 0.3) is 11.0 Å². The molecule has 1 aliphatic rings. The summed E-state index contributed by atoms with van der Waals surface area (Å²) in [7, 11) is 0. The number of β-amino-alcohol motifs (C(OH)–C–C–N with tert-alkyl or cyclic N) is 1. The molecule has 3 heterocycles. The number of carbonyl (C=O) groups excluding carboxylic acids is 1. The van der Waals surface area contributed by atoms with Gasteiger partial charge in [0.2, 0.25) is 0 Å². The van der Waals surface area contributed by atoms with Gasteiger partial charge in [-0.3, -0.25) is 9.89 Å². The largest absolute Gasteiger partial charge is 0.391 e. The molecule has 2 aromatic rings. The van der Waals surface area contributed by atoms with E-state index in [-0.39, 0.29) is 11.8 Å². The van der Waals surface area contributed by atoms with E-state index in [9.17, 15) is 9.90 Å². The lowest BCUT2D eigenvalue weighted by atomic mass is 9.95. The maximum Gasteiger partial charge on any atom is 0.255 e. The Morgan fingerprint density at radius 2 is 2.35 bits per heavy atom. The number of aromatic nitrogens is 3. The van der Waals surface area contributed by atoms with Crippen molar-refractivity contribution in [1.29, 1.82) is 0 Å². The fourth-order valence-corrected chi connectivity index (χ4v) is 2.55. The van der Waals surface area contributed by atoms with Crippen molar-refractivity contribution in [2.75, 3.05) is 13.1 Å². The van der Waals surface area contributed by atoms with Crippen LogP contribution in [0.4, 0.5) is 0 Å². The molecule has 1 aliphatic heterocycles. The summed E-state index contributed by atoms with van der Waals surface area (Å²) < 4.78 is 0. The van der Waals surface area contributed by atoms with Gasteiger partial charge >= 0.3 is 0 Å². The molecule has 6 nitrogen and oxygen atoms in total. The smallest absolute Gasteiger partial charge is 0.255 e. The Morgan fingerprint density at radius 1 is 1.55 bits per heavy atom. The first-order chi connectivity index (χ1) is 9.56. The van der Waals surface area contributed by atoms with Crippen LogP contribution in [0, 0.1) is 12.8 Å². The molecule has 1 saturated heterocycles. The summed E-state index contributed by atoms with van der Waals surface area (Å²) in [6, 6.07) is 1.81. The van der Waals surface area contributed by atoms with Crippen LogP contribution in [0.2, 0.25) is 0 Å². The number of carbonyl (C=O) groups is 1. The number of H-pyrrole nitrogens is 1. The minimum Gasteiger partial charge on any atom is -0.391 e. The highest BCUT2D eigenvalue weighted by Gasteiger charge is 2.28. The Hall–Kier alpha value is -1.95. The number of piperidine rings is 1. The molecule has 0 aliphatic carbocycles. The number of fused-ring (bicyclic) bond motifs is 1. The molecule has 0 bridgehead atoms. The summed E-state index contributed by atoms with van der Waals surface area (Å²) in [5.74, 6) is 0.168. The Morgan fingerprint density at radius 3 is 3.10 bits per heavy atom. The number of aromatic amines is 1. The van der Waals surface area contributed by atoms with Gasteiger partial charge in [0.25, 0.3) is 5.91 Å². The number of nitrogens with zero attached hydrogens (tertiary/aromatic N) is 3. The molecule has 20 heavy (non-hydrogen) atoms. The molecular weight excluding hydrogens is 256 g/mol. The molecule has 2 atom stereocenters. The SMILES string of the molecule is Cc1[nH]nc2ncc(C(=O)N3CCC(C)C(O)C3)cc12. The molecule has 0 saturated carbocycles. The van der Waals surface area contributed by atoms with Gasteiger partial charge < -0.3 is 10.0 Å². The summed E-state index contributed by atoms with van der Waals surface area (Å²) in [4.78, 5) is 18.4. The highest BCUT2D eigenvalue weighted by molar-refractivity contribution is 5.97. The van der Waals surface area contributed by atoms with Crippen molar-refractivity contribution >= 4 is 16.9 Å². The highest BCUT2D eigenvalue weighted by Crippen LogP contribution is 2.20. The normalized spacial score (nSPS) is 23.2. The van der Waals surface area contributed by atoms with Crippen LogP contribution in [-0.4, -0.2) is 50.3 Å². The van der Waals surface area contributed by atoms with Crippen molar-refractivity contribution in [3.63, 3.8) is 0 Å². The topological polar surface area (TPSA) is 82.1 Å². The zero-order chi connectivity index (χ0) is 14.3. The Labute approximate surface area is 116 Å². The quantitative estimate of drug-likeness (QED) is 0.816. The third-order valence-electron chi connectivity index (χ3n) is 4.05. The molecule has 2 aromatic heterocycles. The average molecular weight is 274 g/mol. The van der Waals surface area contributed by atoms with Gasteiger partial charge in [-0.25, -0.2) is 4.98 Å². The highest BCUT2D eigenvalue weighted by atomic mass is 16.3. The van der Waals surface area contributed by atoms with Crippen molar-refractivity contribution < 1.29 is 9.90 Å². The standard InChI is InChI=1S/C14H18N4O2/c1-8-3-4-18(7-12(8)19)14(20)10-5-11-9(2)16-17-13(11)15-6-10/h5-6,8,12,19H,3-4,7H2,1-2H3,(H,15,16,17). The van der Waals surface area contributed by atoms with Crippen LogP contribution in [0.3, 0.4) is 0 Å². The molecule has 2 N–H and O–H groups in total. The van der Waals surface area contributed by atoms with Crippen molar-refractivity contribution in [3.05, 3.63) is 23.5 Å². The second-order valence-corrected chi connectivity index (χ2v) is 5.53. The number of likely N-dealkylation sites (tertiary alicyclic amines) is 1. The first-order valence-corrected chi connectivity index (χ1v) is 6.84. The number of aliphatic hydroxyl groups is 1. The molecule has 0 spiro atoms. The number of hydrogen-bond donors (Lipinski definition) is 2. The number of hydrogen-bond acceptors (Lipinski definition) is 4. The van der Waals surface area contributed by atoms with E-state index in [4.69, 9.17) is 0 Å². The minimum atomic E-state index is -0.444. The number of pyridine rings is 1. The number of nitrogens with one attached hydrogen (secondary N) is 1. The van der Waals surface area contributed by atoms with Crippen LogP contribution in [-0.2, 0) is 0 Å². The lowest BCUT2D eigenvalue weighted by Crippen LogP contribution is -2.45. The van der Waals surface area contributed by atoms with Gasteiger partial charge in [-0.15, -0.1) is 0 Å². The molecular formula is C14H18N4O2. The Balaban J connectivity index is 1.86. The van der Waals surface area contributed by atoms with Crippen LogP contribution in [0.1, 0.15) is 29.4 Å². The van der Waals surface area contributed by atoms with Crippen LogP contribution >= 0.6 is 0 Å². The number of aryl methyl sites for hydroxylation is 1. The van der Waals surface area contributed by atoms with Crippen LogP contribution in [0.5, 0.6) is 0 Å².